The Labute approximate surface area is 110 Å². The number of anilines is 1. The van der Waals surface area contributed by atoms with Crippen molar-refractivity contribution < 1.29 is 19.4 Å². The Kier molecular flexibility index (Phi) is 3.33. The summed E-state index contributed by atoms with van der Waals surface area (Å²) in [5.41, 5.74) is 5.09. The monoisotopic (exact) mass is 264 g/mol. The molecule has 0 radical (unpaired) electrons. The van der Waals surface area contributed by atoms with Gasteiger partial charge in [0, 0.05) is 11.8 Å². The number of carbonyl (C=O) groups is 2. The first kappa shape index (κ1) is 13.2. The Balaban J connectivity index is 2.14. The molecule has 0 unspecified atom stereocenters. The molecule has 0 heterocycles. The topological polar surface area (TPSA) is 102 Å². The first-order valence-electron chi connectivity index (χ1n) is 5.92. The van der Waals surface area contributed by atoms with E-state index < -0.39 is 23.3 Å². The third-order valence-electron chi connectivity index (χ3n) is 3.46. The summed E-state index contributed by atoms with van der Waals surface area (Å²) < 4.78 is 5.09. The van der Waals surface area contributed by atoms with Crippen LogP contribution in [0.25, 0.3) is 0 Å². The molecule has 0 aliphatic heterocycles. The number of carboxylic acid groups (broad SMARTS) is 1. The van der Waals surface area contributed by atoms with Crippen LogP contribution in [0.2, 0.25) is 0 Å². The minimum Gasteiger partial charge on any atom is -0.497 e. The lowest BCUT2D eigenvalue weighted by Gasteiger charge is -2.44. The van der Waals surface area contributed by atoms with Crippen LogP contribution in [0.5, 0.6) is 5.75 Å². The Hall–Kier alpha value is -2.24. The predicted octanol–water partition coefficient (Wildman–Crippen LogP) is 0.826. The predicted molar refractivity (Wildman–Crippen MR) is 68.9 cm³/mol. The van der Waals surface area contributed by atoms with Gasteiger partial charge in [0.25, 0.3) is 0 Å². The van der Waals surface area contributed by atoms with Gasteiger partial charge in [-0.05, 0) is 25.0 Å². The summed E-state index contributed by atoms with van der Waals surface area (Å²) in [6, 6.07) is 7.08. The quantitative estimate of drug-likeness (QED) is 0.731. The molecule has 0 bridgehead atoms. The van der Waals surface area contributed by atoms with Crippen molar-refractivity contribution in [3.05, 3.63) is 24.3 Å². The van der Waals surface area contributed by atoms with Crippen molar-refractivity contribution in [2.75, 3.05) is 12.4 Å². The summed E-state index contributed by atoms with van der Waals surface area (Å²) in [6.45, 7) is 0. The Morgan fingerprint density at radius 3 is 2.68 bits per heavy atom. The van der Waals surface area contributed by atoms with Crippen LogP contribution in [0.3, 0.4) is 0 Å². The minimum atomic E-state index is -0.977. The Morgan fingerprint density at radius 1 is 1.47 bits per heavy atom. The molecule has 0 saturated heterocycles. The number of carbonyl (C=O) groups excluding carboxylic acids is 1. The van der Waals surface area contributed by atoms with Crippen molar-refractivity contribution in [3.8, 4) is 5.75 Å². The molecule has 1 aromatic carbocycles. The minimum absolute atomic E-state index is 0.203. The number of amides is 1. The second-order valence-electron chi connectivity index (χ2n) is 4.75. The van der Waals surface area contributed by atoms with Crippen molar-refractivity contribution in [2.24, 2.45) is 11.7 Å². The number of nitrogens with two attached hydrogens (primary N) is 1. The number of aliphatic carboxylic acids is 1. The van der Waals surface area contributed by atoms with E-state index in [1.807, 2.05) is 0 Å². The van der Waals surface area contributed by atoms with Crippen LogP contribution in [0, 0.1) is 5.92 Å². The summed E-state index contributed by atoms with van der Waals surface area (Å²) >= 11 is 0. The number of methoxy groups -OCH3 is 1. The van der Waals surface area contributed by atoms with Crippen LogP contribution in [-0.2, 0) is 9.59 Å². The lowest BCUT2D eigenvalue weighted by molar-refractivity contribution is -0.148. The number of carboxylic acids is 1. The SMILES string of the molecule is COc1cccc(NC2(C(N)=O)CC(C(=O)O)C2)c1. The van der Waals surface area contributed by atoms with Gasteiger partial charge in [-0.15, -0.1) is 0 Å². The van der Waals surface area contributed by atoms with Crippen molar-refractivity contribution in [3.63, 3.8) is 0 Å². The molecule has 0 atom stereocenters. The molecule has 4 N–H and O–H groups in total. The maximum absolute atomic E-state index is 11.6. The lowest BCUT2D eigenvalue weighted by Crippen LogP contribution is -2.60. The molecule has 2 rings (SSSR count). The third-order valence-corrected chi connectivity index (χ3v) is 3.46. The maximum atomic E-state index is 11.6. The standard InChI is InChI=1S/C13H16N2O4/c1-19-10-4-2-3-9(5-10)15-13(12(14)18)6-8(7-13)11(16)17/h2-5,8,15H,6-7H2,1H3,(H2,14,18)(H,16,17). The highest BCUT2D eigenvalue weighted by atomic mass is 16.5. The fourth-order valence-electron chi connectivity index (χ4n) is 2.30. The lowest BCUT2D eigenvalue weighted by atomic mass is 9.67. The van der Waals surface area contributed by atoms with E-state index in [-0.39, 0.29) is 12.8 Å². The Morgan fingerprint density at radius 2 is 2.16 bits per heavy atom. The van der Waals surface area contributed by atoms with Crippen LogP contribution >= 0.6 is 0 Å². The summed E-state index contributed by atoms with van der Waals surface area (Å²) in [4.78, 5) is 22.4. The van der Waals surface area contributed by atoms with Gasteiger partial charge >= 0.3 is 5.97 Å². The first-order chi connectivity index (χ1) is 8.97. The van der Waals surface area contributed by atoms with Crippen LogP contribution in [0.15, 0.2) is 24.3 Å². The average Bonchev–Trinajstić information content (AvgIpc) is 2.32. The molecule has 19 heavy (non-hydrogen) atoms. The number of benzene rings is 1. The van der Waals surface area contributed by atoms with Gasteiger partial charge in [0.05, 0.1) is 13.0 Å². The molecule has 1 aromatic rings. The van der Waals surface area contributed by atoms with E-state index in [4.69, 9.17) is 15.6 Å². The fourth-order valence-corrected chi connectivity index (χ4v) is 2.30. The molecule has 0 spiro atoms. The van der Waals surface area contributed by atoms with E-state index >= 15 is 0 Å². The normalized spacial score (nSPS) is 25.2. The highest BCUT2D eigenvalue weighted by Gasteiger charge is 2.52. The summed E-state index contributed by atoms with van der Waals surface area (Å²) in [5.74, 6) is -1.30. The molecular weight excluding hydrogens is 248 g/mol. The molecular formula is C13H16N2O4. The fraction of sp³-hybridized carbons (Fsp3) is 0.385. The molecule has 1 aliphatic rings. The van der Waals surface area contributed by atoms with E-state index in [0.29, 0.717) is 11.4 Å². The van der Waals surface area contributed by atoms with E-state index in [9.17, 15) is 9.59 Å². The second-order valence-corrected chi connectivity index (χ2v) is 4.75. The van der Waals surface area contributed by atoms with Gasteiger partial charge in [-0.2, -0.15) is 0 Å². The van der Waals surface area contributed by atoms with E-state index in [2.05, 4.69) is 5.32 Å². The number of ether oxygens (including phenoxy) is 1. The molecule has 6 heteroatoms. The van der Waals surface area contributed by atoms with E-state index in [1.54, 1.807) is 31.4 Å². The van der Waals surface area contributed by atoms with Crippen molar-refractivity contribution in [1.82, 2.24) is 0 Å². The van der Waals surface area contributed by atoms with Gasteiger partial charge in [-0.3, -0.25) is 9.59 Å². The van der Waals surface area contributed by atoms with Crippen molar-refractivity contribution in [2.45, 2.75) is 18.4 Å². The van der Waals surface area contributed by atoms with Gasteiger partial charge in [-0.25, -0.2) is 0 Å². The zero-order valence-corrected chi connectivity index (χ0v) is 10.6. The first-order valence-corrected chi connectivity index (χ1v) is 5.92. The highest BCUT2D eigenvalue weighted by molar-refractivity contribution is 5.91. The summed E-state index contributed by atoms with van der Waals surface area (Å²) in [6.07, 6.45) is 0.407. The number of rotatable bonds is 5. The summed E-state index contributed by atoms with van der Waals surface area (Å²) in [7, 11) is 1.55. The van der Waals surface area contributed by atoms with Crippen LogP contribution in [0.4, 0.5) is 5.69 Å². The van der Waals surface area contributed by atoms with Gasteiger partial charge in [-0.1, -0.05) is 6.07 Å². The van der Waals surface area contributed by atoms with Crippen molar-refractivity contribution in [1.29, 1.82) is 0 Å². The second kappa shape index (κ2) is 4.79. The molecule has 0 aromatic heterocycles. The number of primary amides is 1. The molecule has 6 nitrogen and oxygen atoms in total. The maximum Gasteiger partial charge on any atom is 0.306 e. The molecule has 102 valence electrons. The number of hydrogen-bond acceptors (Lipinski definition) is 4. The van der Waals surface area contributed by atoms with Gasteiger partial charge in [0.1, 0.15) is 11.3 Å². The van der Waals surface area contributed by atoms with Gasteiger partial charge in [0.15, 0.2) is 0 Å². The molecule has 1 fully saturated rings. The van der Waals surface area contributed by atoms with Crippen LogP contribution < -0.4 is 15.8 Å². The zero-order valence-electron chi connectivity index (χ0n) is 10.6. The third kappa shape index (κ3) is 2.47. The summed E-state index contributed by atoms with van der Waals surface area (Å²) in [5, 5.41) is 11.9. The average molecular weight is 264 g/mol. The van der Waals surface area contributed by atoms with E-state index in [0.717, 1.165) is 0 Å². The Bertz CT molecular complexity index is 509. The zero-order chi connectivity index (χ0) is 14.0. The van der Waals surface area contributed by atoms with E-state index in [1.165, 1.54) is 0 Å². The smallest absolute Gasteiger partial charge is 0.306 e. The van der Waals surface area contributed by atoms with Crippen molar-refractivity contribution >= 4 is 17.6 Å². The number of nitrogens with one attached hydrogen (secondary N) is 1. The van der Waals surface area contributed by atoms with Gasteiger partial charge < -0.3 is 20.9 Å². The molecule has 1 amide bonds. The molecule has 1 saturated carbocycles. The van der Waals surface area contributed by atoms with Gasteiger partial charge in [0.2, 0.25) is 5.91 Å². The number of hydrogen-bond donors (Lipinski definition) is 3. The van der Waals surface area contributed by atoms with Crippen LogP contribution in [-0.4, -0.2) is 29.6 Å². The molecule has 1 aliphatic carbocycles. The van der Waals surface area contributed by atoms with Crippen LogP contribution in [0.1, 0.15) is 12.8 Å². The largest absolute Gasteiger partial charge is 0.497 e. The highest BCUT2D eigenvalue weighted by Crippen LogP contribution is 2.40.